The summed E-state index contributed by atoms with van der Waals surface area (Å²) in [5.74, 6) is 0. The molecule has 2 heteroatoms. The second-order valence-electron chi connectivity index (χ2n) is 1.65. The van der Waals surface area contributed by atoms with Crippen LogP contribution in [0.25, 0.3) is 0 Å². The predicted molar refractivity (Wildman–Crippen MR) is 41.8 cm³/mol. The number of likely N-dealkylation sites (N-methyl/N-ethyl adjacent to an activating group) is 1. The quantitative estimate of drug-likeness (QED) is 0.555. The van der Waals surface area contributed by atoms with Gasteiger partial charge in [-0.1, -0.05) is 13.2 Å². The van der Waals surface area contributed by atoms with Crippen LogP contribution in [0.5, 0.6) is 0 Å². The third kappa shape index (κ3) is 4.97. The molecule has 0 atom stereocenters. The number of hydrogen-bond acceptors (Lipinski definition) is 2. The van der Waals surface area contributed by atoms with Crippen LogP contribution in [0, 0.1) is 0 Å². The predicted octanol–water partition coefficient (Wildman–Crippen LogP) is 0.976. The number of nitrogens with one attached hydrogen (secondary N) is 1. The molecule has 9 heavy (non-hydrogen) atoms. The molecule has 0 radical (unpaired) electrons. The van der Waals surface area contributed by atoms with Gasteiger partial charge in [0.1, 0.15) is 0 Å². The standard InChI is InChI=1S/C7H12N2/c1-4-9-6-7(2)5-8-3/h4,6,8H,1-2,5H2,3H3. The molecule has 0 aliphatic rings. The van der Waals surface area contributed by atoms with Gasteiger partial charge in [0.05, 0.1) is 0 Å². The average molecular weight is 124 g/mol. The third-order valence-electron chi connectivity index (χ3n) is 0.766. The van der Waals surface area contributed by atoms with Crippen molar-refractivity contribution in [1.29, 1.82) is 0 Å². The van der Waals surface area contributed by atoms with Crippen molar-refractivity contribution in [2.24, 2.45) is 4.99 Å². The van der Waals surface area contributed by atoms with Gasteiger partial charge in [0.15, 0.2) is 0 Å². The molecule has 0 rings (SSSR count). The maximum atomic E-state index is 3.79. The summed E-state index contributed by atoms with van der Waals surface area (Å²) in [5, 5.41) is 2.95. The summed E-state index contributed by atoms with van der Waals surface area (Å²) in [6.07, 6.45) is 3.17. The molecule has 0 aromatic carbocycles. The Bertz CT molecular complexity index is 125. The molecule has 0 bridgehead atoms. The first-order valence-corrected chi connectivity index (χ1v) is 2.77. The minimum atomic E-state index is 0.775. The van der Waals surface area contributed by atoms with Gasteiger partial charge >= 0.3 is 0 Å². The van der Waals surface area contributed by atoms with E-state index >= 15 is 0 Å². The van der Waals surface area contributed by atoms with E-state index in [2.05, 4.69) is 23.5 Å². The first kappa shape index (κ1) is 8.11. The van der Waals surface area contributed by atoms with E-state index in [-0.39, 0.29) is 0 Å². The van der Waals surface area contributed by atoms with Gasteiger partial charge in [0.25, 0.3) is 0 Å². The Labute approximate surface area is 56.0 Å². The van der Waals surface area contributed by atoms with E-state index < -0.39 is 0 Å². The molecule has 1 N–H and O–H groups in total. The fourth-order valence-electron chi connectivity index (χ4n) is 0.431. The van der Waals surface area contributed by atoms with Crippen molar-refractivity contribution >= 4 is 6.21 Å². The normalized spacial score (nSPS) is 9.89. The summed E-state index contributed by atoms with van der Waals surface area (Å²) in [6, 6.07) is 0. The van der Waals surface area contributed by atoms with Crippen LogP contribution >= 0.6 is 0 Å². The van der Waals surface area contributed by atoms with Crippen molar-refractivity contribution in [2.45, 2.75) is 0 Å². The van der Waals surface area contributed by atoms with Gasteiger partial charge in [-0.15, -0.1) is 0 Å². The largest absolute Gasteiger partial charge is 0.316 e. The number of rotatable bonds is 4. The number of hydrogen-bond donors (Lipinski definition) is 1. The molecule has 0 heterocycles. The van der Waals surface area contributed by atoms with Gasteiger partial charge in [-0.2, -0.15) is 0 Å². The van der Waals surface area contributed by atoms with Crippen LogP contribution in [-0.4, -0.2) is 19.8 Å². The topological polar surface area (TPSA) is 24.4 Å². The highest BCUT2D eigenvalue weighted by Crippen LogP contribution is 1.80. The SMILES string of the molecule is C=CN=CC(=C)CNC. The minimum Gasteiger partial charge on any atom is -0.316 e. The maximum absolute atomic E-state index is 3.79. The summed E-state index contributed by atoms with van der Waals surface area (Å²) in [6.45, 7) is 7.93. The van der Waals surface area contributed by atoms with Crippen molar-refractivity contribution in [3.63, 3.8) is 0 Å². The van der Waals surface area contributed by atoms with Crippen molar-refractivity contribution in [3.05, 3.63) is 24.9 Å². The lowest BCUT2D eigenvalue weighted by Gasteiger charge is -1.93. The molecule has 0 aliphatic heterocycles. The Morgan fingerprint density at radius 3 is 2.89 bits per heavy atom. The third-order valence-corrected chi connectivity index (χ3v) is 0.766. The van der Waals surface area contributed by atoms with Gasteiger partial charge in [0.2, 0.25) is 0 Å². The molecular formula is C7H12N2. The maximum Gasteiger partial charge on any atom is 0.0306 e. The highest BCUT2D eigenvalue weighted by molar-refractivity contribution is 5.78. The zero-order chi connectivity index (χ0) is 7.11. The van der Waals surface area contributed by atoms with Crippen molar-refractivity contribution in [3.8, 4) is 0 Å². The Morgan fingerprint density at radius 2 is 2.44 bits per heavy atom. The molecule has 0 unspecified atom stereocenters. The van der Waals surface area contributed by atoms with E-state index in [1.807, 2.05) is 7.05 Å². The van der Waals surface area contributed by atoms with Crippen LogP contribution in [0.3, 0.4) is 0 Å². The molecule has 2 nitrogen and oxygen atoms in total. The molecule has 0 aromatic heterocycles. The van der Waals surface area contributed by atoms with Crippen molar-refractivity contribution in [2.75, 3.05) is 13.6 Å². The van der Waals surface area contributed by atoms with Crippen LogP contribution in [0.1, 0.15) is 0 Å². The Balaban J connectivity index is 3.49. The van der Waals surface area contributed by atoms with Crippen LogP contribution in [-0.2, 0) is 0 Å². The summed E-state index contributed by atoms with van der Waals surface area (Å²) in [4.78, 5) is 3.79. The Kier molecular flexibility index (Phi) is 4.73. The van der Waals surface area contributed by atoms with E-state index in [4.69, 9.17) is 0 Å². The lowest BCUT2D eigenvalue weighted by atomic mass is 10.3. The van der Waals surface area contributed by atoms with E-state index in [0.717, 1.165) is 12.1 Å². The van der Waals surface area contributed by atoms with Gasteiger partial charge in [-0.05, 0) is 12.6 Å². The van der Waals surface area contributed by atoms with E-state index in [9.17, 15) is 0 Å². The minimum absolute atomic E-state index is 0.775. The number of aliphatic imine (C=N–C) groups is 1. The van der Waals surface area contributed by atoms with Crippen molar-refractivity contribution in [1.82, 2.24) is 5.32 Å². The summed E-state index contributed by atoms with van der Waals surface area (Å²) < 4.78 is 0. The second kappa shape index (κ2) is 5.25. The first-order chi connectivity index (χ1) is 4.31. The van der Waals surface area contributed by atoms with Crippen LogP contribution in [0.4, 0.5) is 0 Å². The van der Waals surface area contributed by atoms with Gasteiger partial charge in [0, 0.05) is 19.0 Å². The van der Waals surface area contributed by atoms with E-state index in [0.29, 0.717) is 0 Å². The van der Waals surface area contributed by atoms with Gasteiger partial charge in [-0.25, -0.2) is 0 Å². The van der Waals surface area contributed by atoms with Crippen LogP contribution in [0.15, 0.2) is 29.9 Å². The first-order valence-electron chi connectivity index (χ1n) is 2.77. The summed E-state index contributed by atoms with van der Waals surface area (Å²) in [7, 11) is 1.87. The second-order valence-corrected chi connectivity index (χ2v) is 1.65. The molecule has 50 valence electrons. The summed E-state index contributed by atoms with van der Waals surface area (Å²) in [5.41, 5.74) is 0.956. The molecule has 0 saturated carbocycles. The average Bonchev–Trinajstić information content (AvgIpc) is 1.85. The lowest BCUT2D eigenvalue weighted by molar-refractivity contribution is 0.907. The smallest absolute Gasteiger partial charge is 0.0306 e. The van der Waals surface area contributed by atoms with E-state index in [1.54, 1.807) is 6.21 Å². The Hall–Kier alpha value is -0.890. The van der Waals surface area contributed by atoms with Crippen molar-refractivity contribution < 1.29 is 0 Å². The highest BCUT2D eigenvalue weighted by atomic mass is 14.8. The highest BCUT2D eigenvalue weighted by Gasteiger charge is 1.81. The van der Waals surface area contributed by atoms with Crippen LogP contribution < -0.4 is 5.32 Å². The van der Waals surface area contributed by atoms with Gasteiger partial charge in [-0.3, -0.25) is 4.99 Å². The zero-order valence-corrected chi connectivity index (χ0v) is 5.72. The fourth-order valence-corrected chi connectivity index (χ4v) is 0.431. The summed E-state index contributed by atoms with van der Waals surface area (Å²) >= 11 is 0. The fraction of sp³-hybridized carbons (Fsp3) is 0.286. The van der Waals surface area contributed by atoms with Crippen LogP contribution in [0.2, 0.25) is 0 Å². The molecular weight excluding hydrogens is 112 g/mol. The molecule has 0 saturated heterocycles. The molecule has 0 amide bonds. The molecule has 0 aromatic rings. The monoisotopic (exact) mass is 124 g/mol. The zero-order valence-electron chi connectivity index (χ0n) is 5.72. The van der Waals surface area contributed by atoms with E-state index in [1.165, 1.54) is 6.20 Å². The lowest BCUT2D eigenvalue weighted by Crippen LogP contribution is -2.09. The number of nitrogens with zero attached hydrogens (tertiary/aromatic N) is 1. The molecule has 0 fully saturated rings. The van der Waals surface area contributed by atoms with Gasteiger partial charge < -0.3 is 5.32 Å². The Morgan fingerprint density at radius 1 is 1.78 bits per heavy atom. The molecule has 0 aliphatic carbocycles. The molecule has 0 spiro atoms.